The van der Waals surface area contributed by atoms with Gasteiger partial charge in [0.2, 0.25) is 0 Å². The second-order valence-corrected chi connectivity index (χ2v) is 5.71. The lowest BCUT2D eigenvalue weighted by Gasteiger charge is -2.29. The van der Waals surface area contributed by atoms with Gasteiger partial charge in [0.15, 0.2) is 0 Å². The molecule has 0 aliphatic carbocycles. The first-order chi connectivity index (χ1) is 10.3. The molecule has 0 aromatic heterocycles. The number of unbranched alkanes of at least 4 members (excludes halogenated alkanes) is 2. The molecular weight excluding hydrogens is 258 g/mol. The van der Waals surface area contributed by atoms with Crippen molar-refractivity contribution in [2.75, 3.05) is 6.61 Å². The monoisotopic (exact) mass is 285 g/mol. The summed E-state index contributed by atoms with van der Waals surface area (Å²) in [5, 5.41) is 3.61. The van der Waals surface area contributed by atoms with E-state index in [0.717, 1.165) is 31.6 Å². The molecular formula is C19H27NO. The van der Waals surface area contributed by atoms with Gasteiger partial charge in [-0.15, -0.1) is 6.58 Å². The Morgan fingerprint density at radius 1 is 1.29 bits per heavy atom. The zero-order valence-corrected chi connectivity index (χ0v) is 13.1. The highest BCUT2D eigenvalue weighted by Crippen LogP contribution is 2.19. The molecule has 2 nitrogen and oxygen atoms in total. The van der Waals surface area contributed by atoms with E-state index in [-0.39, 0.29) is 6.04 Å². The average Bonchev–Trinajstić information content (AvgIpc) is 2.52. The summed E-state index contributed by atoms with van der Waals surface area (Å²) in [6.45, 7) is 6.96. The quantitative estimate of drug-likeness (QED) is 0.570. The molecule has 2 rings (SSSR count). The molecule has 1 N–H and O–H groups in total. The number of ether oxygens (including phenoxy) is 1. The van der Waals surface area contributed by atoms with Crippen molar-refractivity contribution in [2.24, 2.45) is 0 Å². The van der Waals surface area contributed by atoms with Gasteiger partial charge in [0.25, 0.3) is 0 Å². The topological polar surface area (TPSA) is 21.3 Å². The van der Waals surface area contributed by atoms with Gasteiger partial charge in [0.05, 0.1) is 12.4 Å². The molecule has 0 bridgehead atoms. The van der Waals surface area contributed by atoms with Crippen LogP contribution >= 0.6 is 0 Å². The van der Waals surface area contributed by atoms with Gasteiger partial charge in [-0.3, -0.25) is 0 Å². The van der Waals surface area contributed by atoms with Gasteiger partial charge in [0, 0.05) is 18.5 Å². The Hall–Kier alpha value is -1.54. The third kappa shape index (κ3) is 5.39. The van der Waals surface area contributed by atoms with E-state index in [2.05, 4.69) is 55.2 Å². The lowest BCUT2D eigenvalue weighted by atomic mass is 9.97. The van der Waals surface area contributed by atoms with Crippen LogP contribution in [0.25, 0.3) is 0 Å². The maximum Gasteiger partial charge on any atom is 0.0954 e. The fourth-order valence-corrected chi connectivity index (χ4v) is 2.72. The predicted octanol–water partition coefficient (Wildman–Crippen LogP) is 4.24. The van der Waals surface area contributed by atoms with Crippen molar-refractivity contribution in [1.29, 1.82) is 0 Å². The summed E-state index contributed by atoms with van der Waals surface area (Å²) in [5.41, 5.74) is 1.37. The van der Waals surface area contributed by atoms with Crippen LogP contribution in [0.4, 0.5) is 0 Å². The normalized spacial score (nSPS) is 21.7. The Kier molecular flexibility index (Phi) is 6.55. The van der Waals surface area contributed by atoms with E-state index in [4.69, 9.17) is 4.74 Å². The smallest absolute Gasteiger partial charge is 0.0954 e. The molecule has 1 aromatic rings. The fourth-order valence-electron chi connectivity index (χ4n) is 2.72. The number of hydrogen-bond acceptors (Lipinski definition) is 2. The van der Waals surface area contributed by atoms with E-state index in [9.17, 15) is 0 Å². The SMILES string of the molecule is C=C[C@@H]1C=C(OCCCCC)C[C@@H](Cc2ccccc2)N1. The Morgan fingerprint density at radius 3 is 2.81 bits per heavy atom. The summed E-state index contributed by atoms with van der Waals surface area (Å²) in [4.78, 5) is 0. The van der Waals surface area contributed by atoms with Crippen molar-refractivity contribution in [1.82, 2.24) is 5.32 Å². The predicted molar refractivity (Wildman–Crippen MR) is 89.2 cm³/mol. The third-order valence-corrected chi connectivity index (χ3v) is 3.86. The molecule has 0 fully saturated rings. The molecule has 0 saturated heterocycles. The van der Waals surface area contributed by atoms with E-state index >= 15 is 0 Å². The number of hydrogen-bond donors (Lipinski definition) is 1. The van der Waals surface area contributed by atoms with Crippen molar-refractivity contribution < 1.29 is 4.74 Å². The Bertz CT molecular complexity index is 452. The highest BCUT2D eigenvalue weighted by atomic mass is 16.5. The summed E-state index contributed by atoms with van der Waals surface area (Å²) >= 11 is 0. The molecule has 1 aliphatic heterocycles. The first-order valence-electron chi connectivity index (χ1n) is 8.08. The molecule has 0 radical (unpaired) electrons. The van der Waals surface area contributed by atoms with Gasteiger partial charge >= 0.3 is 0 Å². The minimum Gasteiger partial charge on any atom is -0.498 e. The molecule has 0 saturated carbocycles. The van der Waals surface area contributed by atoms with Gasteiger partial charge in [-0.05, 0) is 24.5 Å². The molecule has 0 amide bonds. The number of nitrogens with one attached hydrogen (secondary N) is 1. The number of benzene rings is 1. The third-order valence-electron chi connectivity index (χ3n) is 3.86. The Balaban J connectivity index is 1.89. The molecule has 1 aromatic carbocycles. The average molecular weight is 285 g/mol. The fraction of sp³-hybridized carbons (Fsp3) is 0.474. The summed E-state index contributed by atoms with van der Waals surface area (Å²) in [5.74, 6) is 1.12. The highest BCUT2D eigenvalue weighted by Gasteiger charge is 2.21. The molecule has 114 valence electrons. The summed E-state index contributed by atoms with van der Waals surface area (Å²) in [6, 6.07) is 11.3. The zero-order chi connectivity index (χ0) is 14.9. The minimum atomic E-state index is 0.216. The van der Waals surface area contributed by atoms with Crippen LogP contribution in [-0.2, 0) is 11.2 Å². The van der Waals surface area contributed by atoms with Gasteiger partial charge in [-0.1, -0.05) is 56.2 Å². The molecule has 21 heavy (non-hydrogen) atoms. The van der Waals surface area contributed by atoms with Gasteiger partial charge in [0.1, 0.15) is 0 Å². The molecule has 0 unspecified atom stereocenters. The molecule has 1 heterocycles. The lowest BCUT2D eigenvalue weighted by molar-refractivity contribution is 0.180. The summed E-state index contributed by atoms with van der Waals surface area (Å²) in [7, 11) is 0. The van der Waals surface area contributed by atoms with Crippen LogP contribution in [0.3, 0.4) is 0 Å². The first kappa shape index (κ1) is 15.8. The molecule has 1 aliphatic rings. The van der Waals surface area contributed by atoms with Crippen LogP contribution in [0, 0.1) is 0 Å². The molecule has 0 spiro atoms. The van der Waals surface area contributed by atoms with E-state index < -0.39 is 0 Å². The minimum absolute atomic E-state index is 0.216. The molecule has 2 atom stereocenters. The van der Waals surface area contributed by atoms with Crippen LogP contribution in [0.15, 0.2) is 54.8 Å². The van der Waals surface area contributed by atoms with Crippen molar-refractivity contribution >= 4 is 0 Å². The van der Waals surface area contributed by atoms with Crippen molar-refractivity contribution in [3.63, 3.8) is 0 Å². The van der Waals surface area contributed by atoms with Crippen LogP contribution in [0.5, 0.6) is 0 Å². The maximum absolute atomic E-state index is 5.96. The summed E-state index contributed by atoms with van der Waals surface area (Å²) in [6.07, 6.45) is 9.72. The van der Waals surface area contributed by atoms with Gasteiger partial charge < -0.3 is 10.1 Å². The number of rotatable bonds is 8. The Labute approximate surface area is 128 Å². The second kappa shape index (κ2) is 8.68. The van der Waals surface area contributed by atoms with E-state index in [1.807, 2.05) is 6.08 Å². The second-order valence-electron chi connectivity index (χ2n) is 5.71. The van der Waals surface area contributed by atoms with E-state index in [1.54, 1.807) is 0 Å². The van der Waals surface area contributed by atoms with Gasteiger partial charge in [-0.2, -0.15) is 0 Å². The Morgan fingerprint density at radius 2 is 2.10 bits per heavy atom. The first-order valence-corrected chi connectivity index (χ1v) is 8.08. The van der Waals surface area contributed by atoms with E-state index in [1.165, 1.54) is 18.4 Å². The standard InChI is InChI=1S/C19H27NO/c1-3-5-9-12-21-19-14-17(4-2)20-18(15-19)13-16-10-7-6-8-11-16/h4,6-8,10-11,14,17-18,20H,2-3,5,9,12-13,15H2,1H3/t17-,18-/m1/s1. The maximum atomic E-state index is 5.96. The van der Waals surface area contributed by atoms with Crippen LogP contribution in [0.2, 0.25) is 0 Å². The van der Waals surface area contributed by atoms with Crippen LogP contribution < -0.4 is 5.32 Å². The lowest BCUT2D eigenvalue weighted by Crippen LogP contribution is -2.41. The van der Waals surface area contributed by atoms with Crippen LogP contribution in [-0.4, -0.2) is 18.7 Å². The summed E-state index contributed by atoms with van der Waals surface area (Å²) < 4.78 is 5.96. The molecule has 2 heteroatoms. The zero-order valence-electron chi connectivity index (χ0n) is 13.1. The van der Waals surface area contributed by atoms with Gasteiger partial charge in [-0.25, -0.2) is 0 Å². The van der Waals surface area contributed by atoms with E-state index in [0.29, 0.717) is 6.04 Å². The van der Waals surface area contributed by atoms with Crippen molar-refractivity contribution in [3.8, 4) is 0 Å². The van der Waals surface area contributed by atoms with Crippen molar-refractivity contribution in [3.05, 3.63) is 60.4 Å². The van der Waals surface area contributed by atoms with Crippen molar-refractivity contribution in [2.45, 2.75) is 51.1 Å². The highest BCUT2D eigenvalue weighted by molar-refractivity contribution is 5.20. The van der Waals surface area contributed by atoms with Crippen LogP contribution in [0.1, 0.15) is 38.2 Å². The largest absolute Gasteiger partial charge is 0.498 e.